The van der Waals surface area contributed by atoms with Crippen LogP contribution in [0.1, 0.15) is 19.8 Å². The Morgan fingerprint density at radius 2 is 1.45 bits per heavy atom. The van der Waals surface area contributed by atoms with Crippen molar-refractivity contribution in [2.24, 2.45) is 5.73 Å². The van der Waals surface area contributed by atoms with Gasteiger partial charge in [-0.2, -0.15) is 0 Å². The number of rotatable bonds is 9. The monoisotopic (exact) mass is 293 g/mol. The molecule has 0 radical (unpaired) electrons. The molecule has 0 amide bonds. The molecule has 0 fully saturated rings. The number of hydrogen-bond acceptors (Lipinski definition) is 6. The average Bonchev–Trinajstić information content (AvgIpc) is 2.26. The quantitative estimate of drug-likeness (QED) is 0.316. The van der Waals surface area contributed by atoms with Gasteiger partial charge in [0.1, 0.15) is 5.54 Å². The molecule has 0 rings (SSSR count). The van der Waals surface area contributed by atoms with Gasteiger partial charge in [0, 0.05) is 6.42 Å². The van der Waals surface area contributed by atoms with Crippen molar-refractivity contribution in [3.8, 4) is 0 Å². The lowest BCUT2D eigenvalue weighted by Gasteiger charge is -2.25. The lowest BCUT2D eigenvalue weighted by molar-refractivity contribution is -0.181. The van der Waals surface area contributed by atoms with Crippen molar-refractivity contribution < 1.29 is 44.3 Å². The molecule has 0 unspecified atom stereocenters. The molecule has 0 aliphatic rings. The summed E-state index contributed by atoms with van der Waals surface area (Å²) in [6.45, 7) is 0.124. The van der Waals surface area contributed by atoms with Crippen LogP contribution >= 0.6 is 0 Å². The Morgan fingerprint density at radius 1 is 1.00 bits per heavy atom. The van der Waals surface area contributed by atoms with E-state index in [-0.39, 0.29) is 0 Å². The standard InChI is InChI=1S/C10H15NO9/c1-9(6(14)15,7(16)17)20-3-2-10(11,8(18)19)4-5(12)13/h2-4,11H2,1H3,(H,12,13)(H,14,15)(H,16,17)(H,18,19)/t10-/m0/s1. The first-order valence-electron chi connectivity index (χ1n) is 5.30. The summed E-state index contributed by atoms with van der Waals surface area (Å²) >= 11 is 0. The average molecular weight is 293 g/mol. The number of ether oxygens (including phenoxy) is 1. The van der Waals surface area contributed by atoms with Gasteiger partial charge in [0.05, 0.1) is 13.0 Å². The third-order valence-electron chi connectivity index (χ3n) is 2.65. The van der Waals surface area contributed by atoms with Crippen LogP contribution in [0.4, 0.5) is 0 Å². The second-order valence-corrected chi connectivity index (χ2v) is 4.27. The van der Waals surface area contributed by atoms with Crippen molar-refractivity contribution in [2.75, 3.05) is 6.61 Å². The van der Waals surface area contributed by atoms with Gasteiger partial charge in [0.2, 0.25) is 0 Å². The lowest BCUT2D eigenvalue weighted by Crippen LogP contribution is -2.52. The van der Waals surface area contributed by atoms with Gasteiger partial charge in [-0.3, -0.25) is 9.59 Å². The van der Waals surface area contributed by atoms with E-state index in [0.29, 0.717) is 0 Å². The van der Waals surface area contributed by atoms with Crippen molar-refractivity contribution >= 4 is 23.9 Å². The summed E-state index contributed by atoms with van der Waals surface area (Å²) in [6.07, 6.45) is -1.48. The number of carboxylic acids is 4. The maximum atomic E-state index is 10.9. The molecule has 0 heterocycles. The van der Waals surface area contributed by atoms with Crippen molar-refractivity contribution in [3.63, 3.8) is 0 Å². The molecule has 10 heteroatoms. The van der Waals surface area contributed by atoms with Crippen LogP contribution in [0.25, 0.3) is 0 Å². The predicted octanol–water partition coefficient (Wildman–Crippen LogP) is -1.42. The van der Waals surface area contributed by atoms with E-state index in [4.69, 9.17) is 26.2 Å². The molecule has 0 bridgehead atoms. The highest BCUT2D eigenvalue weighted by Gasteiger charge is 2.44. The molecule has 0 saturated carbocycles. The zero-order valence-electron chi connectivity index (χ0n) is 10.5. The summed E-state index contributed by atoms with van der Waals surface area (Å²) in [6, 6.07) is 0. The summed E-state index contributed by atoms with van der Waals surface area (Å²) in [4.78, 5) is 43.0. The molecular formula is C10H15NO9. The van der Waals surface area contributed by atoms with Crippen molar-refractivity contribution in [1.82, 2.24) is 0 Å². The topological polar surface area (TPSA) is 184 Å². The molecule has 114 valence electrons. The zero-order valence-corrected chi connectivity index (χ0v) is 10.5. The summed E-state index contributed by atoms with van der Waals surface area (Å²) < 4.78 is 4.64. The first kappa shape index (κ1) is 17.8. The van der Waals surface area contributed by atoms with Gasteiger partial charge in [-0.25, -0.2) is 9.59 Å². The molecule has 6 N–H and O–H groups in total. The molecule has 20 heavy (non-hydrogen) atoms. The zero-order chi connectivity index (χ0) is 16.1. The largest absolute Gasteiger partial charge is 0.481 e. The maximum Gasteiger partial charge on any atom is 0.347 e. The third-order valence-corrected chi connectivity index (χ3v) is 2.65. The van der Waals surface area contributed by atoms with E-state index in [1.54, 1.807) is 0 Å². The van der Waals surface area contributed by atoms with Crippen LogP contribution in [-0.4, -0.2) is 62.1 Å². The van der Waals surface area contributed by atoms with Gasteiger partial charge in [0.25, 0.3) is 5.60 Å². The number of carbonyl (C=O) groups is 4. The fourth-order valence-corrected chi connectivity index (χ4v) is 1.19. The highest BCUT2D eigenvalue weighted by molar-refractivity contribution is 6.01. The van der Waals surface area contributed by atoms with E-state index in [1.807, 2.05) is 0 Å². The molecule has 0 aliphatic carbocycles. The Morgan fingerprint density at radius 3 is 1.75 bits per heavy atom. The van der Waals surface area contributed by atoms with Crippen LogP contribution in [0.15, 0.2) is 0 Å². The minimum Gasteiger partial charge on any atom is -0.481 e. The molecule has 10 nitrogen and oxygen atoms in total. The SMILES string of the molecule is CC(OCC[C@](N)(CC(=O)O)C(=O)O)(C(=O)O)C(=O)O. The van der Waals surface area contributed by atoms with E-state index in [2.05, 4.69) is 4.74 Å². The van der Waals surface area contributed by atoms with E-state index in [1.165, 1.54) is 0 Å². The highest BCUT2D eigenvalue weighted by Crippen LogP contribution is 2.17. The molecular weight excluding hydrogens is 278 g/mol. The van der Waals surface area contributed by atoms with Gasteiger partial charge in [-0.05, 0) is 6.92 Å². The minimum atomic E-state index is -2.57. The molecule has 0 spiro atoms. The smallest absolute Gasteiger partial charge is 0.347 e. The summed E-state index contributed by atoms with van der Waals surface area (Å²) in [5.41, 5.74) is 0.624. The molecule has 0 aromatic rings. The Kier molecular flexibility index (Phi) is 5.61. The number of hydrogen-bond donors (Lipinski definition) is 5. The second-order valence-electron chi connectivity index (χ2n) is 4.27. The van der Waals surface area contributed by atoms with E-state index >= 15 is 0 Å². The number of nitrogens with two attached hydrogens (primary N) is 1. The molecule has 1 atom stereocenters. The molecule has 0 aromatic heterocycles. The van der Waals surface area contributed by atoms with Gasteiger partial charge >= 0.3 is 23.9 Å². The first-order valence-corrected chi connectivity index (χ1v) is 5.30. The van der Waals surface area contributed by atoms with Crippen molar-refractivity contribution in [3.05, 3.63) is 0 Å². The summed E-state index contributed by atoms with van der Waals surface area (Å²) in [7, 11) is 0. The fourth-order valence-electron chi connectivity index (χ4n) is 1.19. The highest BCUT2D eigenvalue weighted by atomic mass is 16.5. The van der Waals surface area contributed by atoms with Gasteiger partial charge in [-0.1, -0.05) is 0 Å². The van der Waals surface area contributed by atoms with E-state index in [9.17, 15) is 19.2 Å². The van der Waals surface area contributed by atoms with Crippen molar-refractivity contribution in [1.29, 1.82) is 0 Å². The van der Waals surface area contributed by atoms with Crippen LogP contribution in [0.2, 0.25) is 0 Å². The Labute approximate surface area is 112 Å². The predicted molar refractivity (Wildman–Crippen MR) is 61.1 cm³/mol. The third kappa shape index (κ3) is 4.17. The van der Waals surface area contributed by atoms with Crippen LogP contribution in [0.5, 0.6) is 0 Å². The van der Waals surface area contributed by atoms with Gasteiger partial charge in [-0.15, -0.1) is 0 Å². The van der Waals surface area contributed by atoms with E-state index in [0.717, 1.165) is 6.92 Å². The summed E-state index contributed by atoms with van der Waals surface area (Å²) in [5, 5.41) is 34.9. The molecule has 0 aliphatic heterocycles. The first-order chi connectivity index (χ1) is 8.95. The normalized spacial score (nSPS) is 14.3. The van der Waals surface area contributed by atoms with Crippen LogP contribution in [0.3, 0.4) is 0 Å². The summed E-state index contributed by atoms with van der Waals surface area (Å²) in [5.74, 6) is -6.63. The number of aliphatic carboxylic acids is 4. The Balaban J connectivity index is 4.82. The van der Waals surface area contributed by atoms with Crippen LogP contribution < -0.4 is 5.73 Å². The lowest BCUT2D eigenvalue weighted by atomic mass is 9.93. The van der Waals surface area contributed by atoms with Crippen molar-refractivity contribution in [2.45, 2.75) is 30.9 Å². The van der Waals surface area contributed by atoms with Crippen LogP contribution in [-0.2, 0) is 23.9 Å². The van der Waals surface area contributed by atoms with E-state index < -0.39 is 54.5 Å². The maximum absolute atomic E-state index is 10.9. The Hall–Kier alpha value is -2.20. The molecule has 0 aromatic carbocycles. The van der Waals surface area contributed by atoms with Gasteiger partial charge in [0.15, 0.2) is 0 Å². The fraction of sp³-hybridized carbons (Fsp3) is 0.600. The van der Waals surface area contributed by atoms with Crippen LogP contribution in [0, 0.1) is 0 Å². The second kappa shape index (κ2) is 6.30. The number of carboxylic acid groups (broad SMARTS) is 4. The molecule has 0 saturated heterocycles. The van der Waals surface area contributed by atoms with Gasteiger partial charge < -0.3 is 30.9 Å². The minimum absolute atomic E-state index is 0.565. The Bertz CT molecular complexity index is 418.